The summed E-state index contributed by atoms with van der Waals surface area (Å²) >= 11 is 7.24. The van der Waals surface area contributed by atoms with E-state index in [4.69, 9.17) is 11.6 Å². The van der Waals surface area contributed by atoms with Gasteiger partial charge in [-0.3, -0.25) is 9.78 Å². The first-order chi connectivity index (χ1) is 12.2. The number of pyridine rings is 2. The molecule has 3 aromatic rings. The molecular weight excluding hydrogens is 358 g/mol. The summed E-state index contributed by atoms with van der Waals surface area (Å²) in [5.74, 6) is 0.614. The molecule has 128 valence electrons. The van der Waals surface area contributed by atoms with Crippen molar-refractivity contribution in [3.05, 3.63) is 64.5 Å². The van der Waals surface area contributed by atoms with E-state index < -0.39 is 0 Å². The van der Waals surface area contributed by atoms with Crippen LogP contribution in [0.15, 0.2) is 48.2 Å². The fourth-order valence-corrected chi connectivity index (χ4v) is 2.96. The van der Waals surface area contributed by atoms with Gasteiger partial charge in [0.2, 0.25) is 5.91 Å². The second-order valence-corrected chi connectivity index (χ2v) is 6.56. The summed E-state index contributed by atoms with van der Waals surface area (Å²) in [6, 6.07) is 7.40. The van der Waals surface area contributed by atoms with E-state index in [0.29, 0.717) is 22.5 Å². The van der Waals surface area contributed by atoms with E-state index in [1.165, 1.54) is 11.3 Å². The van der Waals surface area contributed by atoms with Gasteiger partial charge in [-0.2, -0.15) is 0 Å². The molecule has 0 atom stereocenters. The minimum atomic E-state index is -0.0458. The number of hydrogen-bond donors (Lipinski definition) is 2. The molecule has 3 heterocycles. The molecule has 0 bridgehead atoms. The normalized spacial score (nSPS) is 10.4. The predicted molar refractivity (Wildman–Crippen MR) is 99.3 cm³/mol. The molecule has 0 aliphatic carbocycles. The minimum Gasteiger partial charge on any atom is -0.355 e. The summed E-state index contributed by atoms with van der Waals surface area (Å²) in [5, 5.41) is 9.12. The lowest BCUT2D eigenvalue weighted by molar-refractivity contribution is -0.120. The Labute approximate surface area is 154 Å². The van der Waals surface area contributed by atoms with Crippen LogP contribution >= 0.6 is 22.9 Å². The van der Waals surface area contributed by atoms with Crippen molar-refractivity contribution in [3.8, 4) is 0 Å². The minimum absolute atomic E-state index is 0.0458. The fourth-order valence-electron chi connectivity index (χ4n) is 2.13. The number of carbonyl (C=O) groups excluding carboxylic acids is 1. The van der Waals surface area contributed by atoms with E-state index in [0.717, 1.165) is 17.7 Å². The molecule has 0 aromatic carbocycles. The molecule has 0 saturated carbocycles. The zero-order chi connectivity index (χ0) is 17.5. The zero-order valence-electron chi connectivity index (χ0n) is 13.3. The summed E-state index contributed by atoms with van der Waals surface area (Å²) in [7, 11) is 0. The quantitative estimate of drug-likeness (QED) is 0.664. The lowest BCUT2D eigenvalue weighted by Gasteiger charge is -2.04. The van der Waals surface area contributed by atoms with Gasteiger partial charge in [0.1, 0.15) is 5.82 Å². The van der Waals surface area contributed by atoms with E-state index in [-0.39, 0.29) is 12.3 Å². The molecule has 0 radical (unpaired) electrons. The van der Waals surface area contributed by atoms with Gasteiger partial charge >= 0.3 is 0 Å². The highest BCUT2D eigenvalue weighted by Crippen LogP contribution is 2.20. The second kappa shape index (κ2) is 8.55. The highest BCUT2D eigenvalue weighted by molar-refractivity contribution is 7.13. The first-order valence-corrected chi connectivity index (χ1v) is 8.93. The molecule has 0 saturated heterocycles. The smallest absolute Gasteiger partial charge is 0.226 e. The Kier molecular flexibility index (Phi) is 5.92. The van der Waals surface area contributed by atoms with Gasteiger partial charge in [-0.15, -0.1) is 11.3 Å². The molecule has 0 spiro atoms. The van der Waals surface area contributed by atoms with Crippen molar-refractivity contribution in [2.75, 3.05) is 11.9 Å². The number of nitrogens with zero attached hydrogens (tertiary/aromatic N) is 3. The maximum atomic E-state index is 12.0. The average molecular weight is 374 g/mol. The van der Waals surface area contributed by atoms with Crippen LogP contribution in [0, 0.1) is 0 Å². The number of nitrogens with one attached hydrogen (secondary N) is 2. The molecule has 0 aliphatic heterocycles. The highest BCUT2D eigenvalue weighted by Gasteiger charge is 2.08. The van der Waals surface area contributed by atoms with Crippen LogP contribution in [0.25, 0.3) is 0 Å². The molecule has 3 rings (SSSR count). The molecule has 0 fully saturated rings. The summed E-state index contributed by atoms with van der Waals surface area (Å²) in [4.78, 5) is 24.5. The van der Waals surface area contributed by atoms with Crippen LogP contribution in [-0.4, -0.2) is 27.4 Å². The van der Waals surface area contributed by atoms with Crippen molar-refractivity contribution in [1.29, 1.82) is 0 Å². The van der Waals surface area contributed by atoms with Crippen LogP contribution in [0.2, 0.25) is 5.02 Å². The largest absolute Gasteiger partial charge is 0.355 e. The third-order valence-corrected chi connectivity index (χ3v) is 4.37. The summed E-state index contributed by atoms with van der Waals surface area (Å²) in [6.07, 6.45) is 6.09. The van der Waals surface area contributed by atoms with Crippen LogP contribution in [0.1, 0.15) is 11.3 Å². The first-order valence-electron chi connectivity index (χ1n) is 7.67. The van der Waals surface area contributed by atoms with E-state index >= 15 is 0 Å². The number of amides is 1. The van der Waals surface area contributed by atoms with E-state index in [2.05, 4.69) is 25.6 Å². The van der Waals surface area contributed by atoms with E-state index in [1.54, 1.807) is 30.7 Å². The Morgan fingerprint density at radius 1 is 1.20 bits per heavy atom. The van der Waals surface area contributed by atoms with Crippen LogP contribution < -0.4 is 10.6 Å². The Bertz CT molecular complexity index is 823. The monoisotopic (exact) mass is 373 g/mol. The number of halogens is 1. The summed E-state index contributed by atoms with van der Waals surface area (Å²) < 4.78 is 0. The number of hydrogen-bond acceptors (Lipinski definition) is 6. The number of thiazole rings is 1. The summed E-state index contributed by atoms with van der Waals surface area (Å²) in [6.45, 7) is 0.590. The molecule has 0 unspecified atom stereocenters. The van der Waals surface area contributed by atoms with Gasteiger partial charge in [0.25, 0.3) is 0 Å². The number of carbonyl (C=O) groups is 1. The van der Waals surface area contributed by atoms with Crippen LogP contribution in [0.3, 0.4) is 0 Å². The SMILES string of the molecule is O=C(Cc1csc(Nc2ccc(Cl)cn2)n1)NCCc1ccncc1. The Morgan fingerprint density at radius 2 is 2.04 bits per heavy atom. The third kappa shape index (κ3) is 5.51. The first kappa shape index (κ1) is 17.3. The van der Waals surface area contributed by atoms with Crippen molar-refractivity contribution in [3.63, 3.8) is 0 Å². The van der Waals surface area contributed by atoms with Gasteiger partial charge in [-0.1, -0.05) is 11.6 Å². The molecule has 2 N–H and O–H groups in total. The lowest BCUT2D eigenvalue weighted by Crippen LogP contribution is -2.27. The van der Waals surface area contributed by atoms with Crippen LogP contribution in [0.4, 0.5) is 10.9 Å². The zero-order valence-corrected chi connectivity index (χ0v) is 14.8. The third-order valence-electron chi connectivity index (χ3n) is 3.34. The average Bonchev–Trinajstić information content (AvgIpc) is 3.05. The van der Waals surface area contributed by atoms with Gasteiger partial charge in [0, 0.05) is 30.5 Å². The Hall–Kier alpha value is -2.51. The predicted octanol–water partition coefficient (Wildman–Crippen LogP) is 3.23. The van der Waals surface area contributed by atoms with Crippen molar-refractivity contribution in [2.45, 2.75) is 12.8 Å². The van der Waals surface area contributed by atoms with Crippen LogP contribution in [-0.2, 0) is 17.6 Å². The van der Waals surface area contributed by atoms with E-state index in [1.807, 2.05) is 17.5 Å². The Morgan fingerprint density at radius 3 is 2.80 bits per heavy atom. The van der Waals surface area contributed by atoms with Crippen LogP contribution in [0.5, 0.6) is 0 Å². The van der Waals surface area contributed by atoms with Crippen molar-refractivity contribution < 1.29 is 4.79 Å². The molecule has 25 heavy (non-hydrogen) atoms. The number of rotatable bonds is 7. The molecule has 3 aromatic heterocycles. The molecular formula is C17H16ClN5OS. The summed E-state index contributed by atoms with van der Waals surface area (Å²) in [5.41, 5.74) is 1.87. The van der Waals surface area contributed by atoms with Gasteiger partial charge < -0.3 is 10.6 Å². The molecule has 0 aliphatic rings. The second-order valence-electron chi connectivity index (χ2n) is 5.26. The Balaban J connectivity index is 1.45. The van der Waals surface area contributed by atoms with Gasteiger partial charge in [0.05, 0.1) is 17.1 Å². The van der Waals surface area contributed by atoms with E-state index in [9.17, 15) is 4.79 Å². The van der Waals surface area contributed by atoms with Gasteiger partial charge in [-0.25, -0.2) is 9.97 Å². The molecule has 6 nitrogen and oxygen atoms in total. The number of anilines is 2. The number of aromatic nitrogens is 3. The van der Waals surface area contributed by atoms with Gasteiger partial charge in [-0.05, 0) is 36.2 Å². The lowest BCUT2D eigenvalue weighted by atomic mass is 10.2. The van der Waals surface area contributed by atoms with Crippen molar-refractivity contribution >= 4 is 39.8 Å². The maximum Gasteiger partial charge on any atom is 0.226 e. The topological polar surface area (TPSA) is 79.8 Å². The standard InChI is InChI=1S/C17H16ClN5OS/c18-13-1-2-15(21-10-13)23-17-22-14(11-25-17)9-16(24)20-8-5-12-3-6-19-7-4-12/h1-4,6-7,10-11H,5,8-9H2,(H,20,24)(H,21,22,23). The fraction of sp³-hybridized carbons (Fsp3) is 0.176. The van der Waals surface area contributed by atoms with Crippen molar-refractivity contribution in [1.82, 2.24) is 20.3 Å². The highest BCUT2D eigenvalue weighted by atomic mass is 35.5. The van der Waals surface area contributed by atoms with Crippen molar-refractivity contribution in [2.24, 2.45) is 0 Å². The molecule has 1 amide bonds. The van der Waals surface area contributed by atoms with Gasteiger partial charge in [0.15, 0.2) is 5.13 Å². The maximum absolute atomic E-state index is 12.0. The molecule has 8 heteroatoms.